The van der Waals surface area contributed by atoms with E-state index in [0.29, 0.717) is 17.1 Å². The van der Waals surface area contributed by atoms with E-state index in [4.69, 9.17) is 4.74 Å². The lowest BCUT2D eigenvalue weighted by atomic mass is 10.0. The molecule has 224 valence electrons. The van der Waals surface area contributed by atoms with Gasteiger partial charge in [-0.2, -0.15) is 0 Å². The van der Waals surface area contributed by atoms with Crippen molar-refractivity contribution in [1.82, 2.24) is 10.6 Å². The Hall–Kier alpha value is -3.99. The summed E-state index contributed by atoms with van der Waals surface area (Å²) in [6.07, 6.45) is 0. The molecule has 2 N–H and O–H groups in total. The predicted molar refractivity (Wildman–Crippen MR) is 172 cm³/mol. The van der Waals surface area contributed by atoms with E-state index in [-0.39, 0.29) is 42.9 Å². The van der Waals surface area contributed by atoms with Crippen molar-refractivity contribution < 1.29 is 23.5 Å². The first-order valence-electron chi connectivity index (χ1n) is 13.4. The molecule has 1 aliphatic rings. The summed E-state index contributed by atoms with van der Waals surface area (Å²) in [6, 6.07) is 20.3. The Morgan fingerprint density at radius 3 is 2.37 bits per heavy atom. The van der Waals surface area contributed by atoms with Gasteiger partial charge in [0.1, 0.15) is 17.6 Å². The van der Waals surface area contributed by atoms with Crippen LogP contribution in [-0.4, -0.2) is 50.5 Å². The number of nitrogens with zero attached hydrogens (tertiary/aromatic N) is 2. The third-order valence-electron chi connectivity index (χ3n) is 7.48. The number of nitrogens with one attached hydrogen (secondary N) is 2. The molecule has 8 nitrogen and oxygen atoms in total. The van der Waals surface area contributed by atoms with Gasteiger partial charge in [0.05, 0.1) is 37.6 Å². The Morgan fingerprint density at radius 2 is 1.70 bits per heavy atom. The van der Waals surface area contributed by atoms with Gasteiger partial charge in [-0.25, -0.2) is 4.39 Å². The van der Waals surface area contributed by atoms with Gasteiger partial charge < -0.3 is 25.2 Å². The summed E-state index contributed by atoms with van der Waals surface area (Å²) in [4.78, 5) is 44.3. The highest BCUT2D eigenvalue weighted by atomic mass is 79.9. The number of hydrogen-bond donors (Lipinski definition) is 2. The van der Waals surface area contributed by atoms with E-state index >= 15 is 0 Å². The zero-order valence-corrected chi connectivity index (χ0v) is 26.2. The zero-order chi connectivity index (χ0) is 30.0. The summed E-state index contributed by atoms with van der Waals surface area (Å²) in [5.74, 6) is -1.07. The molecule has 0 spiro atoms. The molecule has 43 heavy (non-hydrogen) atoms. The van der Waals surface area contributed by atoms with Crippen LogP contribution >= 0.6 is 28.3 Å². The molecule has 2 atom stereocenters. The second-order valence-corrected chi connectivity index (χ2v) is 10.8. The van der Waals surface area contributed by atoms with Gasteiger partial charge in [0.2, 0.25) is 5.91 Å². The monoisotopic (exact) mass is 668 g/mol. The van der Waals surface area contributed by atoms with E-state index in [2.05, 4.69) is 26.6 Å². The van der Waals surface area contributed by atoms with Crippen LogP contribution in [0.1, 0.15) is 22.8 Å². The molecule has 0 radical (unpaired) electrons. The maximum Gasteiger partial charge on any atom is 0.258 e. The number of hydrogen-bond acceptors (Lipinski definition) is 5. The van der Waals surface area contributed by atoms with E-state index < -0.39 is 23.8 Å². The van der Waals surface area contributed by atoms with Gasteiger partial charge in [-0.05, 0) is 79.3 Å². The SMILES string of the molecule is CNC(C)C(=O)NC1CN(C(=O)c2ccc(F)cc2)c2ccccc2N(Cc2c(OC)ccc3c(Br)cccc23)C1=O.Cl. The van der Waals surface area contributed by atoms with Crippen molar-refractivity contribution in [1.29, 1.82) is 0 Å². The van der Waals surface area contributed by atoms with Crippen molar-refractivity contribution in [2.45, 2.75) is 25.6 Å². The summed E-state index contributed by atoms with van der Waals surface area (Å²) in [6.45, 7) is 1.67. The van der Waals surface area contributed by atoms with Crippen LogP contribution < -0.4 is 25.2 Å². The van der Waals surface area contributed by atoms with Crippen LogP contribution in [-0.2, 0) is 16.1 Å². The van der Waals surface area contributed by atoms with E-state index in [1.165, 1.54) is 29.2 Å². The number of anilines is 2. The fourth-order valence-corrected chi connectivity index (χ4v) is 5.60. The van der Waals surface area contributed by atoms with Crippen LogP contribution in [0.2, 0.25) is 0 Å². The standard InChI is InChI=1S/C32H30BrFN4O4.ClH/c1-19(35-2)30(39)36-26-18-38(31(40)20-11-13-21(34)14-12-20)28-10-5-4-9-27(28)37(32(26)41)17-24-22-7-6-8-25(33)23(22)15-16-29(24)42-3;/h4-16,19,26,35H,17-18H2,1-3H3,(H,36,39);1H. The highest BCUT2D eigenvalue weighted by Gasteiger charge is 2.38. The van der Waals surface area contributed by atoms with Crippen LogP contribution in [0, 0.1) is 5.82 Å². The topological polar surface area (TPSA) is 91.0 Å². The lowest BCUT2D eigenvalue weighted by Gasteiger charge is -2.27. The minimum atomic E-state index is -1.07. The van der Waals surface area contributed by atoms with Crippen molar-refractivity contribution in [3.05, 3.63) is 100 Å². The molecule has 4 aromatic carbocycles. The van der Waals surface area contributed by atoms with Crippen molar-refractivity contribution in [3.63, 3.8) is 0 Å². The second-order valence-electron chi connectivity index (χ2n) is 9.99. The first kappa shape index (κ1) is 31.9. The molecule has 0 saturated carbocycles. The number of halogens is 3. The summed E-state index contributed by atoms with van der Waals surface area (Å²) in [5.41, 5.74) is 2.00. The van der Waals surface area contributed by atoms with E-state index in [1.807, 2.05) is 30.3 Å². The number of amides is 3. The van der Waals surface area contributed by atoms with Gasteiger partial charge in [0.25, 0.3) is 11.8 Å². The molecule has 0 saturated heterocycles. The number of carbonyl (C=O) groups is 3. The molecule has 0 aliphatic carbocycles. The van der Waals surface area contributed by atoms with E-state index in [1.54, 1.807) is 50.2 Å². The normalized spacial score (nSPS) is 15.3. The molecule has 2 unspecified atom stereocenters. The molecular weight excluding hydrogens is 639 g/mol. The largest absolute Gasteiger partial charge is 0.496 e. The fraction of sp³-hybridized carbons (Fsp3) is 0.219. The number of methoxy groups -OCH3 is 1. The highest BCUT2D eigenvalue weighted by Crippen LogP contribution is 2.38. The highest BCUT2D eigenvalue weighted by molar-refractivity contribution is 9.10. The van der Waals surface area contributed by atoms with Crippen LogP contribution in [0.4, 0.5) is 15.8 Å². The number of benzene rings is 4. The van der Waals surface area contributed by atoms with Crippen LogP contribution in [0.25, 0.3) is 10.8 Å². The van der Waals surface area contributed by atoms with Crippen molar-refractivity contribution in [3.8, 4) is 5.75 Å². The average molecular weight is 670 g/mol. The third kappa shape index (κ3) is 6.36. The Balaban J connectivity index is 0.00000423. The number of carbonyl (C=O) groups excluding carboxylic acids is 3. The summed E-state index contributed by atoms with van der Waals surface area (Å²) in [7, 11) is 3.22. The molecular formula is C32H31BrClFN4O4. The van der Waals surface area contributed by atoms with E-state index in [9.17, 15) is 18.8 Å². The summed E-state index contributed by atoms with van der Waals surface area (Å²) >= 11 is 3.62. The van der Waals surface area contributed by atoms with Crippen LogP contribution in [0.3, 0.4) is 0 Å². The third-order valence-corrected chi connectivity index (χ3v) is 8.18. The number of likely N-dealkylation sites (N-methyl/N-ethyl adjacent to an activating group) is 1. The predicted octanol–water partition coefficient (Wildman–Crippen LogP) is 5.46. The lowest BCUT2D eigenvalue weighted by Crippen LogP contribution is -2.55. The molecule has 11 heteroatoms. The second kappa shape index (κ2) is 13.5. The van der Waals surface area contributed by atoms with Crippen molar-refractivity contribution >= 4 is 68.2 Å². The number of para-hydroxylation sites is 2. The maximum absolute atomic E-state index is 14.4. The molecule has 0 bridgehead atoms. The molecule has 0 aromatic heterocycles. The number of fused-ring (bicyclic) bond motifs is 2. The van der Waals surface area contributed by atoms with Gasteiger partial charge in [0, 0.05) is 15.6 Å². The quantitative estimate of drug-likeness (QED) is 0.273. The van der Waals surface area contributed by atoms with Gasteiger partial charge in [-0.3, -0.25) is 14.4 Å². The van der Waals surface area contributed by atoms with Gasteiger partial charge in [-0.1, -0.05) is 40.2 Å². The zero-order valence-electron chi connectivity index (χ0n) is 23.8. The first-order valence-corrected chi connectivity index (χ1v) is 14.2. The fourth-order valence-electron chi connectivity index (χ4n) is 5.10. The summed E-state index contributed by atoms with van der Waals surface area (Å²) in [5, 5.41) is 7.57. The van der Waals surface area contributed by atoms with Gasteiger partial charge in [-0.15, -0.1) is 12.4 Å². The summed E-state index contributed by atoms with van der Waals surface area (Å²) < 4.78 is 20.3. The van der Waals surface area contributed by atoms with E-state index in [0.717, 1.165) is 20.8 Å². The maximum atomic E-state index is 14.4. The van der Waals surface area contributed by atoms with Gasteiger partial charge in [0.15, 0.2) is 0 Å². The van der Waals surface area contributed by atoms with Crippen LogP contribution in [0.15, 0.2) is 83.3 Å². The molecule has 1 heterocycles. The Kier molecular flexibility index (Phi) is 10.1. The molecule has 3 amide bonds. The Labute approximate surface area is 263 Å². The number of ether oxygens (including phenoxy) is 1. The average Bonchev–Trinajstić information content (AvgIpc) is 3.11. The molecule has 1 aliphatic heterocycles. The first-order chi connectivity index (χ1) is 20.2. The van der Waals surface area contributed by atoms with Crippen molar-refractivity contribution in [2.24, 2.45) is 0 Å². The van der Waals surface area contributed by atoms with Crippen LogP contribution in [0.5, 0.6) is 5.75 Å². The number of rotatable bonds is 7. The van der Waals surface area contributed by atoms with Crippen molar-refractivity contribution in [2.75, 3.05) is 30.5 Å². The minimum absolute atomic E-state index is 0. The Morgan fingerprint density at radius 1 is 1.00 bits per heavy atom. The smallest absolute Gasteiger partial charge is 0.258 e. The molecule has 0 fully saturated rings. The Bertz CT molecular complexity index is 1670. The van der Waals surface area contributed by atoms with Gasteiger partial charge >= 0.3 is 0 Å². The molecule has 4 aromatic rings. The molecule has 5 rings (SSSR count). The minimum Gasteiger partial charge on any atom is -0.496 e. The lowest BCUT2D eigenvalue weighted by molar-refractivity contribution is -0.128.